The van der Waals surface area contributed by atoms with Crippen molar-refractivity contribution in [1.82, 2.24) is 20.2 Å². The fraction of sp³-hybridized carbons (Fsp3) is 0.615. The molecule has 2 fully saturated rings. The van der Waals surface area contributed by atoms with Gasteiger partial charge in [0.2, 0.25) is 5.95 Å². The van der Waals surface area contributed by atoms with E-state index in [0.717, 1.165) is 25.9 Å². The zero-order valence-electron chi connectivity index (χ0n) is 10.9. The molecule has 2 amide bonds. The summed E-state index contributed by atoms with van der Waals surface area (Å²) in [4.78, 5) is 22.0. The first-order valence-corrected chi connectivity index (χ1v) is 6.90. The van der Waals surface area contributed by atoms with Crippen molar-refractivity contribution in [2.45, 2.75) is 37.8 Å². The number of nitrogens with zero attached hydrogens (tertiary/aromatic N) is 3. The first kappa shape index (κ1) is 12.2. The maximum Gasteiger partial charge on any atom is 0.317 e. The molecule has 1 aliphatic heterocycles. The molecule has 0 radical (unpaired) electrons. The SMILES string of the molecule is O=C(NC1CCCC1)N1CC(Nc2ncccn2)C1. The lowest BCUT2D eigenvalue weighted by molar-refractivity contribution is 0.155. The zero-order valence-corrected chi connectivity index (χ0v) is 10.9. The fourth-order valence-corrected chi connectivity index (χ4v) is 2.63. The molecule has 1 aromatic rings. The van der Waals surface area contributed by atoms with Crippen LogP contribution in [-0.4, -0.2) is 46.1 Å². The summed E-state index contributed by atoms with van der Waals surface area (Å²) in [6.45, 7) is 1.44. The number of aromatic nitrogens is 2. The van der Waals surface area contributed by atoms with Crippen LogP contribution in [0.2, 0.25) is 0 Å². The lowest BCUT2D eigenvalue weighted by atomic mass is 10.1. The molecule has 3 rings (SSSR count). The van der Waals surface area contributed by atoms with Gasteiger partial charge in [-0.2, -0.15) is 0 Å². The van der Waals surface area contributed by atoms with Gasteiger partial charge in [-0.05, 0) is 18.9 Å². The molecule has 0 spiro atoms. The van der Waals surface area contributed by atoms with E-state index >= 15 is 0 Å². The van der Waals surface area contributed by atoms with Crippen molar-refractivity contribution in [1.29, 1.82) is 0 Å². The van der Waals surface area contributed by atoms with Crippen LogP contribution < -0.4 is 10.6 Å². The van der Waals surface area contributed by atoms with Gasteiger partial charge >= 0.3 is 6.03 Å². The highest BCUT2D eigenvalue weighted by Gasteiger charge is 2.32. The molecule has 0 bridgehead atoms. The third-order valence-electron chi connectivity index (χ3n) is 3.75. The van der Waals surface area contributed by atoms with E-state index in [9.17, 15) is 4.79 Å². The first-order chi connectivity index (χ1) is 9.31. The predicted octanol–water partition coefficient (Wildman–Crippen LogP) is 1.22. The van der Waals surface area contributed by atoms with Gasteiger partial charge in [-0.15, -0.1) is 0 Å². The Morgan fingerprint density at radius 1 is 1.16 bits per heavy atom. The number of hydrogen-bond acceptors (Lipinski definition) is 4. The predicted molar refractivity (Wildman–Crippen MR) is 71.8 cm³/mol. The topological polar surface area (TPSA) is 70.2 Å². The summed E-state index contributed by atoms with van der Waals surface area (Å²) >= 11 is 0. The Kier molecular flexibility index (Phi) is 3.48. The third kappa shape index (κ3) is 2.94. The van der Waals surface area contributed by atoms with Crippen LogP contribution in [0.3, 0.4) is 0 Å². The maximum absolute atomic E-state index is 11.9. The third-order valence-corrected chi connectivity index (χ3v) is 3.75. The van der Waals surface area contributed by atoms with Crippen molar-refractivity contribution < 1.29 is 4.79 Å². The Morgan fingerprint density at radius 3 is 2.53 bits per heavy atom. The van der Waals surface area contributed by atoms with Crippen LogP contribution in [0.15, 0.2) is 18.5 Å². The number of hydrogen-bond donors (Lipinski definition) is 2. The number of nitrogens with one attached hydrogen (secondary N) is 2. The molecular weight excluding hydrogens is 242 g/mol. The molecular formula is C13H19N5O. The van der Waals surface area contributed by atoms with E-state index < -0.39 is 0 Å². The second kappa shape index (κ2) is 5.42. The lowest BCUT2D eigenvalue weighted by Gasteiger charge is -2.39. The van der Waals surface area contributed by atoms with E-state index in [1.165, 1.54) is 12.8 Å². The number of likely N-dealkylation sites (tertiary alicyclic amines) is 1. The van der Waals surface area contributed by atoms with Crippen LogP contribution in [0.5, 0.6) is 0 Å². The molecule has 2 aliphatic rings. The minimum Gasteiger partial charge on any atom is -0.348 e. The van der Waals surface area contributed by atoms with Crippen LogP contribution in [0.25, 0.3) is 0 Å². The molecule has 0 aromatic carbocycles. The van der Waals surface area contributed by atoms with Crippen molar-refractivity contribution in [2.75, 3.05) is 18.4 Å². The number of carbonyl (C=O) groups is 1. The largest absolute Gasteiger partial charge is 0.348 e. The molecule has 1 saturated heterocycles. The second-order valence-corrected chi connectivity index (χ2v) is 5.25. The Balaban J connectivity index is 1.41. The fourth-order valence-electron chi connectivity index (χ4n) is 2.63. The van der Waals surface area contributed by atoms with Gasteiger partial charge in [0.1, 0.15) is 0 Å². The van der Waals surface area contributed by atoms with Crippen LogP contribution in [0.4, 0.5) is 10.7 Å². The Labute approximate surface area is 112 Å². The van der Waals surface area contributed by atoms with Crippen molar-refractivity contribution >= 4 is 12.0 Å². The van der Waals surface area contributed by atoms with Crippen LogP contribution in [0.1, 0.15) is 25.7 Å². The molecule has 1 saturated carbocycles. The standard InChI is InChI=1S/C13H19N5O/c19-13(17-10-4-1-2-5-10)18-8-11(9-18)16-12-14-6-3-7-15-12/h3,6-7,10-11H,1-2,4-5,8-9H2,(H,17,19)(H,14,15,16). The van der Waals surface area contributed by atoms with Gasteiger partial charge in [-0.1, -0.05) is 12.8 Å². The first-order valence-electron chi connectivity index (χ1n) is 6.90. The van der Waals surface area contributed by atoms with E-state index in [2.05, 4.69) is 20.6 Å². The molecule has 1 aliphatic carbocycles. The van der Waals surface area contributed by atoms with Gasteiger partial charge < -0.3 is 15.5 Å². The summed E-state index contributed by atoms with van der Waals surface area (Å²) in [5, 5.41) is 6.31. The summed E-state index contributed by atoms with van der Waals surface area (Å²) in [7, 11) is 0. The van der Waals surface area contributed by atoms with E-state index in [4.69, 9.17) is 0 Å². The highest BCUT2D eigenvalue weighted by Crippen LogP contribution is 2.19. The van der Waals surface area contributed by atoms with E-state index in [-0.39, 0.29) is 12.1 Å². The molecule has 1 aromatic heterocycles. The maximum atomic E-state index is 11.9. The van der Waals surface area contributed by atoms with Gasteiger partial charge in [0, 0.05) is 31.5 Å². The summed E-state index contributed by atoms with van der Waals surface area (Å²) in [6, 6.07) is 2.50. The molecule has 2 N–H and O–H groups in total. The Bertz CT molecular complexity index is 426. The average Bonchev–Trinajstić information content (AvgIpc) is 2.87. The monoisotopic (exact) mass is 261 g/mol. The van der Waals surface area contributed by atoms with Crippen LogP contribution in [-0.2, 0) is 0 Å². The zero-order chi connectivity index (χ0) is 13.1. The van der Waals surface area contributed by atoms with Gasteiger partial charge in [-0.25, -0.2) is 14.8 Å². The van der Waals surface area contributed by atoms with E-state index in [1.807, 2.05) is 4.90 Å². The number of urea groups is 1. The summed E-state index contributed by atoms with van der Waals surface area (Å²) < 4.78 is 0. The highest BCUT2D eigenvalue weighted by molar-refractivity contribution is 5.75. The number of anilines is 1. The second-order valence-electron chi connectivity index (χ2n) is 5.25. The smallest absolute Gasteiger partial charge is 0.317 e. The summed E-state index contributed by atoms with van der Waals surface area (Å²) in [6.07, 6.45) is 8.14. The van der Waals surface area contributed by atoms with Gasteiger partial charge in [0.25, 0.3) is 0 Å². The number of amides is 2. The van der Waals surface area contributed by atoms with Gasteiger partial charge in [-0.3, -0.25) is 0 Å². The van der Waals surface area contributed by atoms with Crippen LogP contribution >= 0.6 is 0 Å². The van der Waals surface area contributed by atoms with Gasteiger partial charge in [0.15, 0.2) is 0 Å². The van der Waals surface area contributed by atoms with Crippen molar-refractivity contribution in [3.05, 3.63) is 18.5 Å². The van der Waals surface area contributed by atoms with Crippen molar-refractivity contribution in [3.63, 3.8) is 0 Å². The highest BCUT2D eigenvalue weighted by atomic mass is 16.2. The van der Waals surface area contributed by atoms with Gasteiger partial charge in [0.05, 0.1) is 6.04 Å². The average molecular weight is 261 g/mol. The molecule has 0 unspecified atom stereocenters. The molecule has 0 atom stereocenters. The van der Waals surface area contributed by atoms with E-state index in [1.54, 1.807) is 18.5 Å². The molecule has 6 heteroatoms. The number of carbonyl (C=O) groups excluding carboxylic acids is 1. The van der Waals surface area contributed by atoms with E-state index in [0.29, 0.717) is 12.0 Å². The molecule has 2 heterocycles. The molecule has 102 valence electrons. The van der Waals surface area contributed by atoms with Crippen LogP contribution in [0, 0.1) is 0 Å². The minimum atomic E-state index is 0.0685. The number of rotatable bonds is 3. The summed E-state index contributed by atoms with van der Waals surface area (Å²) in [5.74, 6) is 0.628. The van der Waals surface area contributed by atoms with Crippen molar-refractivity contribution in [2.24, 2.45) is 0 Å². The quantitative estimate of drug-likeness (QED) is 0.858. The molecule has 19 heavy (non-hydrogen) atoms. The Morgan fingerprint density at radius 2 is 1.84 bits per heavy atom. The lowest BCUT2D eigenvalue weighted by Crippen LogP contribution is -2.60. The normalized spacial score (nSPS) is 20.1. The Hall–Kier alpha value is -1.85. The minimum absolute atomic E-state index is 0.0685. The van der Waals surface area contributed by atoms with Crippen molar-refractivity contribution in [3.8, 4) is 0 Å². The molecule has 6 nitrogen and oxygen atoms in total. The summed E-state index contributed by atoms with van der Waals surface area (Å²) in [5.41, 5.74) is 0.